The fourth-order valence-electron chi connectivity index (χ4n) is 1.27. The van der Waals surface area contributed by atoms with Gasteiger partial charge >= 0.3 is 0 Å². The molecule has 0 spiro atoms. The molecular formula is C12H11ClO3. The van der Waals surface area contributed by atoms with E-state index >= 15 is 0 Å². The van der Waals surface area contributed by atoms with Gasteiger partial charge in [0.05, 0.1) is 12.5 Å². The van der Waals surface area contributed by atoms with Crippen molar-refractivity contribution in [2.45, 2.75) is 6.10 Å². The molecule has 1 heterocycles. The predicted octanol–water partition coefficient (Wildman–Crippen LogP) is 3.05. The standard InChI is InChI=1S/C12H11ClO3/c13-10-1-3-11(4-2-10)16-8-12(14)9-5-6-15-7-9/h1-7,12,14H,8H2. The molecule has 1 N–H and O–H groups in total. The van der Waals surface area contributed by atoms with Crippen molar-refractivity contribution in [2.75, 3.05) is 6.61 Å². The first-order chi connectivity index (χ1) is 7.75. The Hall–Kier alpha value is -1.45. The second-order valence-corrected chi connectivity index (χ2v) is 3.77. The second-order valence-electron chi connectivity index (χ2n) is 3.34. The third kappa shape index (κ3) is 2.78. The van der Waals surface area contributed by atoms with Crippen molar-refractivity contribution in [3.05, 3.63) is 53.4 Å². The molecule has 0 bridgehead atoms. The van der Waals surface area contributed by atoms with Gasteiger partial charge in [0.2, 0.25) is 0 Å². The molecule has 2 rings (SSSR count). The summed E-state index contributed by atoms with van der Waals surface area (Å²) in [5, 5.41) is 10.4. The number of rotatable bonds is 4. The van der Waals surface area contributed by atoms with Crippen molar-refractivity contribution >= 4 is 11.6 Å². The number of halogens is 1. The Bertz CT molecular complexity index is 422. The van der Waals surface area contributed by atoms with Gasteiger partial charge in [-0.05, 0) is 30.3 Å². The van der Waals surface area contributed by atoms with Crippen LogP contribution in [0.15, 0.2) is 47.3 Å². The Morgan fingerprint density at radius 1 is 1.25 bits per heavy atom. The highest BCUT2D eigenvalue weighted by Crippen LogP contribution is 2.18. The predicted molar refractivity (Wildman–Crippen MR) is 60.6 cm³/mol. The fraction of sp³-hybridized carbons (Fsp3) is 0.167. The molecule has 16 heavy (non-hydrogen) atoms. The first-order valence-corrected chi connectivity index (χ1v) is 5.22. The van der Waals surface area contributed by atoms with E-state index in [1.165, 1.54) is 12.5 Å². The molecule has 0 aliphatic carbocycles. The van der Waals surface area contributed by atoms with Crippen molar-refractivity contribution in [1.82, 2.24) is 0 Å². The monoisotopic (exact) mass is 238 g/mol. The van der Waals surface area contributed by atoms with Crippen LogP contribution < -0.4 is 4.74 Å². The Kier molecular flexibility index (Phi) is 3.49. The molecule has 84 valence electrons. The second kappa shape index (κ2) is 5.05. The minimum atomic E-state index is -0.686. The van der Waals surface area contributed by atoms with Gasteiger partial charge in [0, 0.05) is 10.6 Å². The van der Waals surface area contributed by atoms with E-state index in [9.17, 15) is 5.11 Å². The van der Waals surface area contributed by atoms with Crippen LogP contribution in [-0.4, -0.2) is 11.7 Å². The number of hydrogen-bond acceptors (Lipinski definition) is 3. The van der Waals surface area contributed by atoms with Gasteiger partial charge in [-0.3, -0.25) is 0 Å². The maximum absolute atomic E-state index is 9.71. The van der Waals surface area contributed by atoms with Crippen molar-refractivity contribution in [3.8, 4) is 5.75 Å². The van der Waals surface area contributed by atoms with Crippen LogP contribution in [0.3, 0.4) is 0 Å². The van der Waals surface area contributed by atoms with E-state index < -0.39 is 6.10 Å². The first-order valence-electron chi connectivity index (χ1n) is 4.84. The summed E-state index contributed by atoms with van der Waals surface area (Å²) in [6.07, 6.45) is 2.32. The van der Waals surface area contributed by atoms with Gasteiger partial charge in [-0.15, -0.1) is 0 Å². The van der Waals surface area contributed by atoms with E-state index in [1.807, 2.05) is 0 Å². The van der Waals surface area contributed by atoms with Crippen molar-refractivity contribution < 1.29 is 14.3 Å². The lowest BCUT2D eigenvalue weighted by Gasteiger charge is -2.10. The highest BCUT2D eigenvalue weighted by Gasteiger charge is 2.09. The summed E-state index contributed by atoms with van der Waals surface area (Å²) < 4.78 is 10.3. The molecule has 0 saturated heterocycles. The fourth-order valence-corrected chi connectivity index (χ4v) is 1.39. The molecule has 3 nitrogen and oxygen atoms in total. The van der Waals surface area contributed by atoms with Gasteiger partial charge in [-0.2, -0.15) is 0 Å². The normalized spacial score (nSPS) is 12.4. The summed E-state index contributed by atoms with van der Waals surface area (Å²) in [6.45, 7) is 0.182. The van der Waals surface area contributed by atoms with Crippen LogP contribution in [0.1, 0.15) is 11.7 Å². The van der Waals surface area contributed by atoms with Gasteiger partial charge in [-0.1, -0.05) is 11.6 Å². The molecule has 0 fully saturated rings. The summed E-state index contributed by atoms with van der Waals surface area (Å²) in [5.74, 6) is 0.673. The zero-order chi connectivity index (χ0) is 11.4. The van der Waals surface area contributed by atoms with Gasteiger partial charge in [0.25, 0.3) is 0 Å². The molecule has 0 amide bonds. The number of furan rings is 1. The summed E-state index contributed by atoms with van der Waals surface area (Å²) in [7, 11) is 0. The van der Waals surface area contributed by atoms with Crippen LogP contribution in [0.4, 0.5) is 0 Å². The zero-order valence-electron chi connectivity index (χ0n) is 8.47. The first kappa shape index (κ1) is 11.0. The van der Waals surface area contributed by atoms with Gasteiger partial charge < -0.3 is 14.3 Å². The number of hydrogen-bond donors (Lipinski definition) is 1. The quantitative estimate of drug-likeness (QED) is 0.890. The molecule has 1 aromatic carbocycles. The Balaban J connectivity index is 1.90. The number of ether oxygens (including phenoxy) is 1. The van der Waals surface area contributed by atoms with Crippen LogP contribution in [0, 0.1) is 0 Å². The van der Waals surface area contributed by atoms with Crippen LogP contribution in [-0.2, 0) is 0 Å². The van der Waals surface area contributed by atoms with E-state index in [-0.39, 0.29) is 6.61 Å². The van der Waals surface area contributed by atoms with Crippen molar-refractivity contribution in [1.29, 1.82) is 0 Å². The third-order valence-electron chi connectivity index (χ3n) is 2.15. The van der Waals surface area contributed by atoms with E-state index in [4.69, 9.17) is 20.8 Å². The summed E-state index contributed by atoms with van der Waals surface area (Å²) in [5.41, 5.74) is 0.703. The van der Waals surface area contributed by atoms with E-state index in [1.54, 1.807) is 30.3 Å². The van der Waals surface area contributed by atoms with Crippen LogP contribution in [0.2, 0.25) is 5.02 Å². The lowest BCUT2D eigenvalue weighted by Crippen LogP contribution is -2.08. The Morgan fingerprint density at radius 3 is 2.62 bits per heavy atom. The summed E-state index contributed by atoms with van der Waals surface area (Å²) in [6, 6.07) is 8.69. The average Bonchev–Trinajstić information content (AvgIpc) is 2.81. The zero-order valence-corrected chi connectivity index (χ0v) is 9.22. The van der Waals surface area contributed by atoms with E-state index in [2.05, 4.69) is 0 Å². The average molecular weight is 239 g/mol. The number of aliphatic hydroxyl groups excluding tert-OH is 1. The molecule has 0 saturated carbocycles. The maximum Gasteiger partial charge on any atom is 0.119 e. The minimum Gasteiger partial charge on any atom is -0.491 e. The minimum absolute atomic E-state index is 0.182. The summed E-state index contributed by atoms with van der Waals surface area (Å²) >= 11 is 5.74. The topological polar surface area (TPSA) is 42.6 Å². The Labute approximate surface area is 98.2 Å². The highest BCUT2D eigenvalue weighted by atomic mass is 35.5. The van der Waals surface area contributed by atoms with Crippen LogP contribution in [0.5, 0.6) is 5.75 Å². The largest absolute Gasteiger partial charge is 0.491 e. The molecule has 2 aromatic rings. The third-order valence-corrected chi connectivity index (χ3v) is 2.40. The molecule has 0 radical (unpaired) electrons. The number of aliphatic hydroxyl groups is 1. The Morgan fingerprint density at radius 2 is 2.00 bits per heavy atom. The van der Waals surface area contributed by atoms with E-state index in [0.29, 0.717) is 16.3 Å². The molecule has 0 aliphatic heterocycles. The molecule has 1 aromatic heterocycles. The molecular weight excluding hydrogens is 228 g/mol. The summed E-state index contributed by atoms with van der Waals surface area (Å²) in [4.78, 5) is 0. The smallest absolute Gasteiger partial charge is 0.119 e. The molecule has 1 atom stereocenters. The van der Waals surface area contributed by atoms with Gasteiger partial charge in [0.1, 0.15) is 18.5 Å². The van der Waals surface area contributed by atoms with Crippen LogP contribution in [0.25, 0.3) is 0 Å². The molecule has 1 unspecified atom stereocenters. The SMILES string of the molecule is OC(COc1ccc(Cl)cc1)c1ccoc1. The van der Waals surface area contributed by atoms with Crippen LogP contribution >= 0.6 is 11.6 Å². The maximum atomic E-state index is 9.71. The molecule has 0 aliphatic rings. The number of benzene rings is 1. The van der Waals surface area contributed by atoms with Crippen molar-refractivity contribution in [2.24, 2.45) is 0 Å². The molecule has 4 heteroatoms. The lowest BCUT2D eigenvalue weighted by atomic mass is 10.2. The lowest BCUT2D eigenvalue weighted by molar-refractivity contribution is 0.107. The van der Waals surface area contributed by atoms with Crippen molar-refractivity contribution in [3.63, 3.8) is 0 Å². The highest BCUT2D eigenvalue weighted by molar-refractivity contribution is 6.30. The van der Waals surface area contributed by atoms with E-state index in [0.717, 1.165) is 0 Å². The van der Waals surface area contributed by atoms with Gasteiger partial charge in [-0.25, -0.2) is 0 Å². The van der Waals surface area contributed by atoms with Gasteiger partial charge in [0.15, 0.2) is 0 Å².